The smallest absolute Gasteiger partial charge is 0.323 e. The number of aromatic nitrogens is 4. The van der Waals surface area contributed by atoms with Gasteiger partial charge < -0.3 is 19.5 Å². The first-order chi connectivity index (χ1) is 16.1. The summed E-state index contributed by atoms with van der Waals surface area (Å²) in [4.78, 5) is 33.2. The molecule has 3 aromatic rings. The van der Waals surface area contributed by atoms with Gasteiger partial charge in [0, 0.05) is 32.4 Å². The molecule has 0 unspecified atom stereocenters. The molecule has 2 N–H and O–H groups in total. The van der Waals surface area contributed by atoms with Crippen molar-refractivity contribution in [2.75, 3.05) is 37.5 Å². The van der Waals surface area contributed by atoms with E-state index < -0.39 is 0 Å². The normalized spacial score (nSPS) is 18.4. The van der Waals surface area contributed by atoms with Gasteiger partial charge in [-0.25, -0.2) is 19.7 Å². The van der Waals surface area contributed by atoms with E-state index in [2.05, 4.69) is 37.2 Å². The number of H-pyrrole nitrogens is 1. The van der Waals surface area contributed by atoms with E-state index in [1.165, 1.54) is 12.8 Å². The molecule has 1 saturated heterocycles. The Balaban J connectivity index is 1.14. The molecule has 1 saturated carbocycles. The van der Waals surface area contributed by atoms with Crippen molar-refractivity contribution < 1.29 is 9.53 Å². The van der Waals surface area contributed by atoms with Crippen LogP contribution in [0, 0.1) is 5.41 Å². The molecule has 9 heteroatoms. The Hall–Kier alpha value is -3.36. The number of carbonyl (C=O) groups is 1. The number of piperidine rings is 1. The second-order valence-corrected chi connectivity index (χ2v) is 9.28. The molecule has 3 aromatic heterocycles. The number of hydrogen-bond acceptors (Lipinski definition) is 6. The Morgan fingerprint density at radius 1 is 1.15 bits per heavy atom. The number of amides is 2. The zero-order chi connectivity index (χ0) is 22.8. The summed E-state index contributed by atoms with van der Waals surface area (Å²) in [6.45, 7) is 1.58. The predicted octanol–water partition coefficient (Wildman–Crippen LogP) is 4.05. The van der Waals surface area contributed by atoms with Gasteiger partial charge in [0.1, 0.15) is 29.4 Å². The van der Waals surface area contributed by atoms with Gasteiger partial charge in [-0.05, 0) is 62.1 Å². The van der Waals surface area contributed by atoms with Crippen LogP contribution >= 0.6 is 0 Å². The van der Waals surface area contributed by atoms with E-state index in [0.29, 0.717) is 23.0 Å². The van der Waals surface area contributed by atoms with E-state index >= 15 is 0 Å². The van der Waals surface area contributed by atoms with Crippen LogP contribution in [0.25, 0.3) is 11.0 Å². The van der Waals surface area contributed by atoms with Crippen LogP contribution in [0.4, 0.5) is 16.4 Å². The summed E-state index contributed by atoms with van der Waals surface area (Å²) in [6.07, 6.45) is 12.0. The highest BCUT2D eigenvalue weighted by Crippen LogP contribution is 2.46. The van der Waals surface area contributed by atoms with Gasteiger partial charge in [-0.1, -0.05) is 0 Å². The molecule has 0 atom stereocenters. The average molecular weight is 450 g/mol. The quantitative estimate of drug-likeness (QED) is 0.623. The summed E-state index contributed by atoms with van der Waals surface area (Å²) >= 11 is 0. The van der Waals surface area contributed by atoms with Crippen molar-refractivity contribution in [1.29, 1.82) is 0 Å². The number of hydrogen-bond donors (Lipinski definition) is 2. The van der Waals surface area contributed by atoms with Crippen LogP contribution in [0.3, 0.4) is 0 Å². The second-order valence-electron chi connectivity index (χ2n) is 9.28. The number of fused-ring (bicyclic) bond motifs is 1. The molecule has 4 heterocycles. The number of carbonyl (C=O) groups excluding carboxylic acids is 1. The van der Waals surface area contributed by atoms with Crippen molar-refractivity contribution in [3.05, 3.63) is 36.9 Å². The zero-order valence-electron chi connectivity index (χ0n) is 19.3. The lowest BCUT2D eigenvalue weighted by Gasteiger charge is -2.47. The van der Waals surface area contributed by atoms with Crippen molar-refractivity contribution in [3.63, 3.8) is 0 Å². The highest BCUT2D eigenvalue weighted by atomic mass is 16.5. The van der Waals surface area contributed by atoms with E-state index in [-0.39, 0.29) is 6.03 Å². The molecule has 33 heavy (non-hydrogen) atoms. The number of likely N-dealkylation sites (tertiary alicyclic amines) is 1. The van der Waals surface area contributed by atoms with Gasteiger partial charge in [-0.3, -0.25) is 5.32 Å². The molecular formula is C24H31N7O2. The molecule has 1 aliphatic heterocycles. The van der Waals surface area contributed by atoms with Crippen molar-refractivity contribution in [2.24, 2.45) is 5.41 Å². The summed E-state index contributed by atoms with van der Waals surface area (Å²) in [5.41, 5.74) is 1.23. The van der Waals surface area contributed by atoms with Gasteiger partial charge in [0.05, 0.1) is 18.7 Å². The summed E-state index contributed by atoms with van der Waals surface area (Å²) in [5.74, 6) is 2.22. The summed E-state index contributed by atoms with van der Waals surface area (Å²) in [5, 5.41) is 3.98. The van der Waals surface area contributed by atoms with Crippen LogP contribution in [0.2, 0.25) is 0 Å². The number of methoxy groups -OCH3 is 1. The molecule has 0 bridgehead atoms. The van der Waals surface area contributed by atoms with Crippen LogP contribution in [-0.2, 0) is 0 Å². The third kappa shape index (κ3) is 4.31. The lowest BCUT2D eigenvalue weighted by atomic mass is 9.67. The van der Waals surface area contributed by atoms with Crippen LogP contribution in [0.1, 0.15) is 38.5 Å². The zero-order valence-corrected chi connectivity index (χ0v) is 19.3. The molecule has 0 radical (unpaired) electrons. The molecule has 2 aliphatic rings. The van der Waals surface area contributed by atoms with Crippen molar-refractivity contribution >= 4 is 28.7 Å². The average Bonchev–Trinajstić information content (AvgIpc) is 3.34. The van der Waals surface area contributed by atoms with Gasteiger partial charge in [0.15, 0.2) is 0 Å². The van der Waals surface area contributed by atoms with Crippen LogP contribution < -0.4 is 15.0 Å². The first-order valence-corrected chi connectivity index (χ1v) is 11.6. The minimum absolute atomic E-state index is 0.0739. The van der Waals surface area contributed by atoms with Gasteiger partial charge >= 0.3 is 6.03 Å². The number of anilines is 2. The van der Waals surface area contributed by atoms with Gasteiger partial charge in [0.2, 0.25) is 0 Å². The van der Waals surface area contributed by atoms with Gasteiger partial charge in [0.25, 0.3) is 0 Å². The molecule has 2 amide bonds. The molecule has 174 valence electrons. The van der Waals surface area contributed by atoms with E-state index in [0.717, 1.165) is 55.6 Å². The minimum Gasteiger partial charge on any atom is -0.495 e. The first kappa shape index (κ1) is 21.5. The van der Waals surface area contributed by atoms with Gasteiger partial charge in [-0.2, -0.15) is 0 Å². The Morgan fingerprint density at radius 3 is 2.64 bits per heavy atom. The molecular weight excluding hydrogens is 418 g/mol. The van der Waals surface area contributed by atoms with Gasteiger partial charge in [-0.15, -0.1) is 0 Å². The number of urea groups is 1. The SMILES string of the molecule is COc1ccc(NC(=O)N2CCC3(CCC(N(C)c4ncnc5[nH]ccc45)CC3)CC2)nc1. The fourth-order valence-corrected chi connectivity index (χ4v) is 5.36. The molecule has 0 aromatic carbocycles. The molecule has 9 nitrogen and oxygen atoms in total. The van der Waals surface area contributed by atoms with Crippen LogP contribution in [-0.4, -0.2) is 64.2 Å². The van der Waals surface area contributed by atoms with Crippen molar-refractivity contribution in [2.45, 2.75) is 44.6 Å². The maximum Gasteiger partial charge on any atom is 0.323 e. The third-order valence-electron chi connectivity index (χ3n) is 7.55. The molecule has 5 rings (SSSR count). The lowest BCUT2D eigenvalue weighted by Crippen LogP contribution is -2.48. The largest absolute Gasteiger partial charge is 0.495 e. The van der Waals surface area contributed by atoms with Crippen LogP contribution in [0.5, 0.6) is 5.75 Å². The summed E-state index contributed by atoms with van der Waals surface area (Å²) < 4.78 is 5.12. The number of rotatable bonds is 4. The standard InChI is InChI=1S/C24H31N7O2/c1-30(22-19-7-12-25-21(19)27-16-28-22)17-5-8-24(9-6-17)10-13-31(14-11-24)23(32)29-20-4-3-18(33-2)15-26-20/h3-4,7,12,15-17H,5-6,8-11,13-14H2,1-2H3,(H,25,27,28)(H,26,29,32). The predicted molar refractivity (Wildman–Crippen MR) is 128 cm³/mol. The maximum absolute atomic E-state index is 12.7. The Bertz CT molecular complexity index is 1100. The highest BCUT2D eigenvalue weighted by Gasteiger charge is 2.40. The highest BCUT2D eigenvalue weighted by molar-refractivity contribution is 5.88. The lowest BCUT2D eigenvalue weighted by molar-refractivity contribution is 0.0786. The fourth-order valence-electron chi connectivity index (χ4n) is 5.36. The Labute approximate surface area is 193 Å². The van der Waals surface area contributed by atoms with Crippen LogP contribution in [0.15, 0.2) is 36.9 Å². The van der Waals surface area contributed by atoms with E-state index in [1.54, 1.807) is 31.8 Å². The number of nitrogens with one attached hydrogen (secondary N) is 2. The first-order valence-electron chi connectivity index (χ1n) is 11.6. The molecule has 1 spiro atoms. The third-order valence-corrected chi connectivity index (χ3v) is 7.55. The summed E-state index contributed by atoms with van der Waals surface area (Å²) in [6, 6.07) is 6.01. The maximum atomic E-state index is 12.7. The Morgan fingerprint density at radius 2 is 1.94 bits per heavy atom. The number of aromatic amines is 1. The van der Waals surface area contributed by atoms with E-state index in [1.807, 2.05) is 17.2 Å². The second kappa shape index (κ2) is 8.88. The van der Waals surface area contributed by atoms with E-state index in [4.69, 9.17) is 4.74 Å². The van der Waals surface area contributed by atoms with E-state index in [9.17, 15) is 4.79 Å². The Kier molecular flexibility index (Phi) is 5.78. The fraction of sp³-hybridized carbons (Fsp3) is 0.500. The monoisotopic (exact) mass is 449 g/mol. The molecule has 2 fully saturated rings. The topological polar surface area (TPSA) is 99.3 Å². The number of pyridine rings is 1. The number of nitrogens with zero attached hydrogens (tertiary/aromatic N) is 5. The molecule has 1 aliphatic carbocycles. The number of ether oxygens (including phenoxy) is 1. The van der Waals surface area contributed by atoms with Crippen molar-refractivity contribution in [1.82, 2.24) is 24.8 Å². The van der Waals surface area contributed by atoms with Crippen molar-refractivity contribution in [3.8, 4) is 5.75 Å². The minimum atomic E-state index is -0.0739. The summed E-state index contributed by atoms with van der Waals surface area (Å²) in [7, 11) is 3.75.